The van der Waals surface area contributed by atoms with Crippen LogP contribution in [0.3, 0.4) is 0 Å². The van der Waals surface area contributed by atoms with Gasteiger partial charge in [0.2, 0.25) is 5.91 Å². The third-order valence-electron chi connectivity index (χ3n) is 4.18. The molecule has 0 aromatic carbocycles. The minimum Gasteiger partial charge on any atom is -0.394 e. The predicted molar refractivity (Wildman–Crippen MR) is 66.7 cm³/mol. The lowest BCUT2D eigenvalue weighted by molar-refractivity contribution is -0.139. The van der Waals surface area contributed by atoms with Crippen LogP contribution in [0.1, 0.15) is 45.4 Å². The van der Waals surface area contributed by atoms with E-state index >= 15 is 0 Å². The molecular formula is C13H24N2O2. The van der Waals surface area contributed by atoms with E-state index in [2.05, 4.69) is 12.2 Å². The fraction of sp³-hybridized carbons (Fsp3) is 0.923. The van der Waals surface area contributed by atoms with E-state index in [0.29, 0.717) is 0 Å². The Morgan fingerprint density at radius 3 is 2.94 bits per heavy atom. The third kappa shape index (κ3) is 2.33. The maximum Gasteiger partial charge on any atom is 0.243 e. The molecule has 2 saturated heterocycles. The van der Waals surface area contributed by atoms with Gasteiger partial charge in [0.25, 0.3) is 0 Å². The molecule has 0 saturated carbocycles. The molecule has 2 heterocycles. The molecule has 1 amide bonds. The quantitative estimate of drug-likeness (QED) is 0.767. The maximum absolute atomic E-state index is 12.7. The van der Waals surface area contributed by atoms with Crippen molar-refractivity contribution in [2.45, 2.75) is 57.0 Å². The Morgan fingerprint density at radius 1 is 1.53 bits per heavy atom. The second-order valence-corrected chi connectivity index (χ2v) is 5.34. The highest BCUT2D eigenvalue weighted by Crippen LogP contribution is 2.30. The van der Waals surface area contributed by atoms with Crippen molar-refractivity contribution in [3.63, 3.8) is 0 Å². The SMILES string of the molecule is CCCC1(C(=O)N2CCC[C@@H]2CO)CCCN1. The molecular weight excluding hydrogens is 216 g/mol. The molecule has 17 heavy (non-hydrogen) atoms. The van der Waals surface area contributed by atoms with Gasteiger partial charge >= 0.3 is 0 Å². The van der Waals surface area contributed by atoms with E-state index < -0.39 is 0 Å². The van der Waals surface area contributed by atoms with Gasteiger partial charge in [0.05, 0.1) is 18.2 Å². The summed E-state index contributed by atoms with van der Waals surface area (Å²) in [6, 6.07) is 0.0543. The molecule has 2 fully saturated rings. The topological polar surface area (TPSA) is 52.6 Å². The van der Waals surface area contributed by atoms with Gasteiger partial charge in [-0.2, -0.15) is 0 Å². The van der Waals surface area contributed by atoms with Gasteiger partial charge in [-0.15, -0.1) is 0 Å². The molecule has 1 unspecified atom stereocenters. The molecule has 0 radical (unpaired) electrons. The number of amides is 1. The number of nitrogens with zero attached hydrogens (tertiary/aromatic N) is 1. The van der Waals surface area contributed by atoms with Gasteiger partial charge in [-0.3, -0.25) is 4.79 Å². The summed E-state index contributed by atoms with van der Waals surface area (Å²) < 4.78 is 0. The number of rotatable bonds is 4. The van der Waals surface area contributed by atoms with Crippen LogP contribution in [-0.4, -0.2) is 47.2 Å². The molecule has 98 valence electrons. The Labute approximate surface area is 103 Å². The summed E-state index contributed by atoms with van der Waals surface area (Å²) in [5.74, 6) is 0.230. The highest BCUT2D eigenvalue weighted by Gasteiger charge is 2.44. The molecule has 2 rings (SSSR count). The van der Waals surface area contributed by atoms with Gasteiger partial charge in [0.1, 0.15) is 0 Å². The molecule has 2 N–H and O–H groups in total. The Balaban J connectivity index is 2.10. The Hall–Kier alpha value is -0.610. The standard InChI is InChI=1S/C13H24N2O2/c1-2-6-13(7-4-8-14-13)12(17)15-9-3-5-11(15)10-16/h11,14,16H,2-10H2,1H3/t11-,13?/m1/s1. The number of hydrogen-bond donors (Lipinski definition) is 2. The van der Waals surface area contributed by atoms with Crippen molar-refractivity contribution in [1.82, 2.24) is 10.2 Å². The summed E-state index contributed by atoms with van der Waals surface area (Å²) >= 11 is 0. The van der Waals surface area contributed by atoms with E-state index in [1.165, 1.54) is 0 Å². The van der Waals surface area contributed by atoms with Crippen LogP contribution in [0.25, 0.3) is 0 Å². The molecule has 2 aliphatic rings. The average molecular weight is 240 g/mol. The van der Waals surface area contributed by atoms with Crippen LogP contribution in [0.4, 0.5) is 0 Å². The molecule has 0 bridgehead atoms. The molecule has 0 aromatic heterocycles. The van der Waals surface area contributed by atoms with Crippen molar-refractivity contribution in [3.8, 4) is 0 Å². The molecule has 0 aromatic rings. The molecule has 0 spiro atoms. The minimum absolute atomic E-state index is 0.0543. The zero-order valence-corrected chi connectivity index (χ0v) is 10.7. The minimum atomic E-state index is -0.327. The van der Waals surface area contributed by atoms with Gasteiger partial charge in [-0.25, -0.2) is 0 Å². The number of likely N-dealkylation sites (tertiary alicyclic amines) is 1. The van der Waals surface area contributed by atoms with Crippen LogP contribution in [0.15, 0.2) is 0 Å². The first kappa shape index (κ1) is 12.8. The van der Waals surface area contributed by atoms with Crippen molar-refractivity contribution >= 4 is 5.91 Å². The Kier molecular flexibility index (Phi) is 4.05. The number of nitrogens with one attached hydrogen (secondary N) is 1. The number of hydrogen-bond acceptors (Lipinski definition) is 3. The first-order valence-electron chi connectivity index (χ1n) is 6.90. The highest BCUT2D eigenvalue weighted by molar-refractivity contribution is 5.87. The summed E-state index contributed by atoms with van der Waals surface area (Å²) in [5.41, 5.74) is -0.327. The van der Waals surface area contributed by atoms with Crippen LogP contribution in [0, 0.1) is 0 Å². The molecule has 4 nitrogen and oxygen atoms in total. The first-order chi connectivity index (χ1) is 8.23. The van der Waals surface area contributed by atoms with Gasteiger partial charge in [0, 0.05) is 6.54 Å². The monoisotopic (exact) mass is 240 g/mol. The zero-order chi connectivity index (χ0) is 12.3. The summed E-state index contributed by atoms with van der Waals surface area (Å²) in [4.78, 5) is 14.6. The lowest BCUT2D eigenvalue weighted by Crippen LogP contribution is -2.56. The van der Waals surface area contributed by atoms with Gasteiger partial charge < -0.3 is 15.3 Å². The fourth-order valence-electron chi connectivity index (χ4n) is 3.30. The second kappa shape index (κ2) is 5.36. The Morgan fingerprint density at radius 2 is 2.35 bits per heavy atom. The third-order valence-corrected chi connectivity index (χ3v) is 4.18. The van der Waals surface area contributed by atoms with E-state index in [1.807, 2.05) is 4.90 Å². The predicted octanol–water partition coefficient (Wildman–Crippen LogP) is 0.892. The lowest BCUT2D eigenvalue weighted by Gasteiger charge is -2.35. The van der Waals surface area contributed by atoms with E-state index in [4.69, 9.17) is 0 Å². The van der Waals surface area contributed by atoms with Crippen LogP contribution >= 0.6 is 0 Å². The van der Waals surface area contributed by atoms with Crippen molar-refractivity contribution in [2.24, 2.45) is 0 Å². The molecule has 2 atom stereocenters. The number of aliphatic hydroxyl groups excluding tert-OH is 1. The van der Waals surface area contributed by atoms with Gasteiger partial charge in [0.15, 0.2) is 0 Å². The maximum atomic E-state index is 12.7. The van der Waals surface area contributed by atoms with Gasteiger partial charge in [-0.05, 0) is 38.6 Å². The summed E-state index contributed by atoms with van der Waals surface area (Å²) in [5, 5.41) is 12.7. The van der Waals surface area contributed by atoms with Gasteiger partial charge in [-0.1, -0.05) is 13.3 Å². The first-order valence-corrected chi connectivity index (χ1v) is 6.90. The van der Waals surface area contributed by atoms with Crippen molar-refractivity contribution < 1.29 is 9.90 Å². The largest absolute Gasteiger partial charge is 0.394 e. The Bertz CT molecular complexity index is 275. The van der Waals surface area contributed by atoms with Crippen LogP contribution in [0.5, 0.6) is 0 Å². The molecule has 4 heteroatoms. The summed E-state index contributed by atoms with van der Waals surface area (Å²) in [7, 11) is 0. The lowest BCUT2D eigenvalue weighted by atomic mass is 9.90. The zero-order valence-electron chi connectivity index (χ0n) is 10.7. The molecule has 0 aliphatic carbocycles. The van der Waals surface area contributed by atoms with E-state index in [9.17, 15) is 9.90 Å². The molecule has 2 aliphatic heterocycles. The number of carbonyl (C=O) groups is 1. The average Bonchev–Trinajstić information content (AvgIpc) is 2.97. The van der Waals surface area contributed by atoms with Crippen LogP contribution in [-0.2, 0) is 4.79 Å². The summed E-state index contributed by atoms with van der Waals surface area (Å²) in [6.45, 7) is 4.00. The van der Waals surface area contributed by atoms with Crippen molar-refractivity contribution in [1.29, 1.82) is 0 Å². The van der Waals surface area contributed by atoms with Crippen molar-refractivity contribution in [3.05, 3.63) is 0 Å². The van der Waals surface area contributed by atoms with Crippen molar-refractivity contribution in [2.75, 3.05) is 19.7 Å². The normalized spacial score (nSPS) is 33.3. The van der Waals surface area contributed by atoms with E-state index in [1.54, 1.807) is 0 Å². The van der Waals surface area contributed by atoms with Crippen LogP contribution < -0.4 is 5.32 Å². The fourth-order valence-corrected chi connectivity index (χ4v) is 3.30. The van der Waals surface area contributed by atoms with E-state index in [0.717, 1.165) is 51.6 Å². The number of aliphatic hydroxyl groups is 1. The van der Waals surface area contributed by atoms with E-state index in [-0.39, 0.29) is 24.1 Å². The number of carbonyl (C=O) groups excluding carboxylic acids is 1. The van der Waals surface area contributed by atoms with Crippen LogP contribution in [0.2, 0.25) is 0 Å². The smallest absolute Gasteiger partial charge is 0.243 e. The summed E-state index contributed by atoms with van der Waals surface area (Å²) in [6.07, 6.45) is 5.96. The second-order valence-electron chi connectivity index (χ2n) is 5.34. The highest BCUT2D eigenvalue weighted by atomic mass is 16.3.